The molecule has 2 aliphatic rings. The van der Waals surface area contributed by atoms with E-state index in [1.807, 2.05) is 43.3 Å². The van der Waals surface area contributed by atoms with E-state index in [9.17, 15) is 19.2 Å². The normalized spacial score (nSPS) is 19.1. The van der Waals surface area contributed by atoms with Gasteiger partial charge >= 0.3 is 10.8 Å². The number of ether oxygens (including phenoxy) is 3. The van der Waals surface area contributed by atoms with Crippen molar-refractivity contribution >= 4 is 46.6 Å². The molecule has 1 saturated heterocycles. The first kappa shape index (κ1) is 28.8. The number of aromatic nitrogens is 1. The lowest BCUT2D eigenvalue weighted by atomic mass is 9.83. The molecule has 3 atom stereocenters. The number of hydrogen-bond donors (Lipinski definition) is 1. The first-order valence-corrected chi connectivity index (χ1v) is 15.4. The molecule has 9 nitrogen and oxygen atoms in total. The summed E-state index contributed by atoms with van der Waals surface area (Å²) in [5.41, 5.74) is 3.59. The van der Waals surface area contributed by atoms with E-state index in [0.29, 0.717) is 39.3 Å². The molecule has 3 aromatic carbocycles. The van der Waals surface area contributed by atoms with Gasteiger partial charge in [0.25, 0.3) is 0 Å². The average molecular weight is 617 g/mol. The van der Waals surface area contributed by atoms with Gasteiger partial charge in [-0.15, -0.1) is 0 Å². The highest BCUT2D eigenvalue weighted by atomic mass is 32.2. The number of benzene rings is 3. The molecule has 0 bridgehead atoms. The van der Waals surface area contributed by atoms with Crippen LogP contribution in [0.15, 0.2) is 76.6 Å². The first-order valence-electron chi connectivity index (χ1n) is 13.7. The van der Waals surface area contributed by atoms with Crippen molar-refractivity contribution in [2.45, 2.75) is 36.6 Å². The molecule has 0 aliphatic carbocycles. The van der Waals surface area contributed by atoms with Gasteiger partial charge in [0.15, 0.2) is 11.5 Å². The van der Waals surface area contributed by atoms with Gasteiger partial charge in [0.1, 0.15) is 11.9 Å². The van der Waals surface area contributed by atoms with Crippen LogP contribution in [-0.2, 0) is 20.9 Å². The predicted octanol–water partition coefficient (Wildman–Crippen LogP) is 5.30. The number of hydrogen-bond acceptors (Lipinski definition) is 9. The number of thioether (sulfide) groups is 1. The van der Waals surface area contributed by atoms with Crippen molar-refractivity contribution < 1.29 is 28.6 Å². The minimum Gasteiger partial charge on any atom is -0.493 e. The van der Waals surface area contributed by atoms with Crippen LogP contribution in [0.4, 0.5) is 5.69 Å². The van der Waals surface area contributed by atoms with E-state index in [0.717, 1.165) is 28.0 Å². The fraction of sp³-hybridized carbons (Fsp3) is 0.250. The quantitative estimate of drug-likeness (QED) is 0.209. The van der Waals surface area contributed by atoms with E-state index in [1.165, 1.54) is 28.8 Å². The minimum absolute atomic E-state index is 0.239. The van der Waals surface area contributed by atoms with Crippen molar-refractivity contribution in [3.8, 4) is 11.5 Å². The molecule has 11 heteroatoms. The summed E-state index contributed by atoms with van der Waals surface area (Å²) >= 11 is 2.25. The number of amides is 2. The van der Waals surface area contributed by atoms with Crippen LogP contribution in [0.5, 0.6) is 11.5 Å². The summed E-state index contributed by atoms with van der Waals surface area (Å²) in [7, 11) is 1.55. The van der Waals surface area contributed by atoms with Crippen LogP contribution in [0.3, 0.4) is 0 Å². The fourth-order valence-corrected chi connectivity index (χ4v) is 7.95. The van der Waals surface area contributed by atoms with E-state index in [1.54, 1.807) is 32.2 Å². The molecular weight excluding hydrogens is 588 g/mol. The molecule has 1 aromatic heterocycles. The van der Waals surface area contributed by atoms with Gasteiger partial charge in [0.05, 0.1) is 35.9 Å². The van der Waals surface area contributed by atoms with E-state index in [2.05, 4.69) is 4.98 Å². The van der Waals surface area contributed by atoms with Crippen molar-refractivity contribution in [1.29, 1.82) is 0 Å². The van der Waals surface area contributed by atoms with Gasteiger partial charge < -0.3 is 19.2 Å². The lowest BCUT2D eigenvalue weighted by Gasteiger charge is -2.30. The predicted molar refractivity (Wildman–Crippen MR) is 163 cm³/mol. The maximum absolute atomic E-state index is 14.0. The zero-order valence-electron chi connectivity index (χ0n) is 23.6. The third-order valence-corrected chi connectivity index (χ3v) is 9.92. The molecule has 3 unspecified atom stereocenters. The summed E-state index contributed by atoms with van der Waals surface area (Å²) in [5.74, 6) is -1.54. The molecule has 6 rings (SSSR count). The van der Waals surface area contributed by atoms with Crippen LogP contribution in [-0.4, -0.2) is 41.7 Å². The monoisotopic (exact) mass is 616 g/mol. The Hall–Kier alpha value is -4.35. The molecule has 1 fully saturated rings. The number of carbonyl (C=O) groups is 3. The van der Waals surface area contributed by atoms with Crippen LogP contribution in [0.1, 0.15) is 44.8 Å². The van der Waals surface area contributed by atoms with Crippen LogP contribution >= 0.6 is 23.1 Å². The molecule has 220 valence electrons. The largest absolute Gasteiger partial charge is 0.493 e. The SMILES string of the molecule is CCOC(=O)c1ccc(N2C(=O)C3Sc4[nH]c(=O)sc4C(c4ccc(OCc5ccc(C)cc5)c(OC)c4)C3C2=O)cc1. The lowest BCUT2D eigenvalue weighted by molar-refractivity contribution is -0.122. The first-order chi connectivity index (χ1) is 20.8. The number of esters is 1. The summed E-state index contributed by atoms with van der Waals surface area (Å²) in [5, 5.41) is -0.163. The zero-order chi connectivity index (χ0) is 30.2. The Labute approximate surface area is 255 Å². The Bertz CT molecular complexity index is 1760. The third kappa shape index (κ3) is 5.34. The standard InChI is InChI=1S/C32H28N2O7S2/c1-4-40-31(37)19-9-12-21(13-10-19)34-29(35)25-24(26-28(33-32(38)43-26)42-27(25)30(34)36)20-11-14-22(23(15-20)39-3)41-16-18-7-5-17(2)6-8-18/h5-15,24-25,27H,4,16H2,1-3H3,(H,33,38). The number of imide groups is 1. The van der Waals surface area contributed by atoms with Gasteiger partial charge in [-0.3, -0.25) is 14.4 Å². The molecule has 2 amide bonds. The summed E-state index contributed by atoms with van der Waals surface area (Å²) in [6, 6.07) is 19.7. The van der Waals surface area contributed by atoms with Crippen LogP contribution in [0, 0.1) is 12.8 Å². The third-order valence-electron chi connectivity index (χ3n) is 7.52. The van der Waals surface area contributed by atoms with Gasteiger partial charge in [0.2, 0.25) is 11.8 Å². The summed E-state index contributed by atoms with van der Waals surface area (Å²) in [4.78, 5) is 56.8. The number of aryl methyl sites for hydroxylation is 1. The Morgan fingerprint density at radius 2 is 1.70 bits per heavy atom. The summed E-state index contributed by atoms with van der Waals surface area (Å²) in [6.45, 7) is 4.33. The van der Waals surface area contributed by atoms with Crippen LogP contribution in [0.2, 0.25) is 0 Å². The van der Waals surface area contributed by atoms with E-state index < -0.39 is 23.1 Å². The van der Waals surface area contributed by atoms with E-state index in [4.69, 9.17) is 14.2 Å². The number of carbonyl (C=O) groups excluding carboxylic acids is 3. The van der Waals surface area contributed by atoms with Crippen LogP contribution < -0.4 is 19.2 Å². The minimum atomic E-state index is -0.759. The van der Waals surface area contributed by atoms with Crippen molar-refractivity contribution in [1.82, 2.24) is 4.98 Å². The maximum atomic E-state index is 14.0. The maximum Gasteiger partial charge on any atom is 0.338 e. The van der Waals surface area contributed by atoms with Crippen LogP contribution in [0.25, 0.3) is 0 Å². The molecule has 3 heterocycles. The molecule has 1 N–H and O–H groups in total. The number of fused-ring (bicyclic) bond motifs is 2. The number of rotatable bonds is 8. The second-order valence-corrected chi connectivity index (χ2v) is 12.4. The smallest absolute Gasteiger partial charge is 0.338 e. The molecule has 4 aromatic rings. The number of anilines is 1. The molecule has 0 saturated carbocycles. The Morgan fingerprint density at radius 1 is 0.953 bits per heavy atom. The van der Waals surface area contributed by atoms with Gasteiger partial charge in [-0.05, 0) is 61.4 Å². The molecule has 0 radical (unpaired) electrons. The summed E-state index contributed by atoms with van der Waals surface area (Å²) < 4.78 is 16.8. The van der Waals surface area contributed by atoms with Gasteiger partial charge in [-0.25, -0.2) is 9.69 Å². The second-order valence-electron chi connectivity index (χ2n) is 10.2. The van der Waals surface area contributed by atoms with Crippen molar-refractivity contribution in [3.63, 3.8) is 0 Å². The number of H-pyrrole nitrogens is 1. The lowest BCUT2D eigenvalue weighted by Crippen LogP contribution is -2.32. The van der Waals surface area contributed by atoms with Gasteiger partial charge in [0, 0.05) is 10.8 Å². The van der Waals surface area contributed by atoms with Gasteiger partial charge in [-0.2, -0.15) is 0 Å². The number of nitrogens with one attached hydrogen (secondary N) is 1. The Balaban J connectivity index is 1.33. The number of aromatic amines is 1. The highest BCUT2D eigenvalue weighted by Crippen LogP contribution is 2.53. The van der Waals surface area contributed by atoms with E-state index in [-0.39, 0.29) is 23.3 Å². The highest BCUT2D eigenvalue weighted by molar-refractivity contribution is 8.00. The number of methoxy groups -OCH3 is 1. The van der Waals surface area contributed by atoms with E-state index >= 15 is 0 Å². The Morgan fingerprint density at radius 3 is 2.40 bits per heavy atom. The molecule has 2 aliphatic heterocycles. The molecule has 43 heavy (non-hydrogen) atoms. The number of nitrogens with zero attached hydrogens (tertiary/aromatic N) is 1. The van der Waals surface area contributed by atoms with Crippen molar-refractivity contribution in [2.75, 3.05) is 18.6 Å². The van der Waals surface area contributed by atoms with Crippen molar-refractivity contribution in [2.24, 2.45) is 5.92 Å². The topological polar surface area (TPSA) is 115 Å². The Kier molecular flexibility index (Phi) is 7.85. The fourth-order valence-electron chi connectivity index (χ4n) is 5.43. The molecule has 0 spiro atoms. The van der Waals surface area contributed by atoms with Gasteiger partial charge in [-0.1, -0.05) is 59.0 Å². The van der Waals surface area contributed by atoms with Crippen molar-refractivity contribution in [3.05, 3.63) is 104 Å². The average Bonchev–Trinajstić information content (AvgIpc) is 3.50. The zero-order valence-corrected chi connectivity index (χ0v) is 25.3. The highest BCUT2D eigenvalue weighted by Gasteiger charge is 2.56. The number of thiazole rings is 1. The summed E-state index contributed by atoms with van der Waals surface area (Å²) in [6.07, 6.45) is 0. The second kappa shape index (κ2) is 11.7. The molecular formula is C32H28N2O7S2.